The number of imide groups is 1. The summed E-state index contributed by atoms with van der Waals surface area (Å²) in [5.41, 5.74) is -2.89. The number of hydrogen-bond acceptors (Lipinski definition) is 4. The Labute approximate surface area is 139 Å². The monoisotopic (exact) mass is 355 g/mol. The van der Waals surface area contributed by atoms with Crippen molar-refractivity contribution in [1.82, 2.24) is 4.90 Å². The van der Waals surface area contributed by atoms with Crippen LogP contribution in [-0.2, 0) is 11.0 Å². The molecule has 0 spiro atoms. The summed E-state index contributed by atoms with van der Waals surface area (Å²) >= 11 is 0. The first-order valence-corrected chi connectivity index (χ1v) is 7.72. The highest BCUT2D eigenvalue weighted by atomic mass is 19.4. The minimum Gasteiger partial charge on any atom is -0.309 e. The quantitative estimate of drug-likeness (QED) is 0.464. The number of nitrogens with zero attached hydrogens (tertiary/aromatic N) is 3. The zero-order valence-electron chi connectivity index (χ0n) is 12.7. The standard InChI is InChI=1S/C15H12F3N3O4/c16-15(17,18)10-6-9(3-4-11(10)21(24)25)20-13(22)12-7-1-2-8(5-7)19(12)14(20)23/h3-4,6-8,12H,1-2,5H2/t7?,8-,12?/m0/s1. The first-order chi connectivity index (χ1) is 11.7. The summed E-state index contributed by atoms with van der Waals surface area (Å²) in [6.45, 7) is 0. The minimum atomic E-state index is -4.97. The smallest absolute Gasteiger partial charge is 0.309 e. The third-order valence-electron chi connectivity index (χ3n) is 5.21. The molecule has 2 unspecified atom stereocenters. The Balaban J connectivity index is 1.77. The molecule has 1 saturated carbocycles. The van der Waals surface area contributed by atoms with Gasteiger partial charge in [0.2, 0.25) is 0 Å². The Morgan fingerprint density at radius 1 is 1.20 bits per heavy atom. The Kier molecular flexibility index (Phi) is 3.13. The molecule has 0 N–H and O–H groups in total. The molecular formula is C15H12F3N3O4. The molecule has 2 saturated heterocycles. The van der Waals surface area contributed by atoms with Gasteiger partial charge in [-0.3, -0.25) is 14.9 Å². The Morgan fingerprint density at radius 2 is 1.92 bits per heavy atom. The largest absolute Gasteiger partial charge is 0.423 e. The molecule has 1 aromatic rings. The minimum absolute atomic E-state index is 0.0339. The topological polar surface area (TPSA) is 83.8 Å². The number of halogens is 3. The van der Waals surface area contributed by atoms with Crippen LogP contribution < -0.4 is 4.90 Å². The third kappa shape index (κ3) is 2.12. The average Bonchev–Trinajstić information content (AvgIpc) is 3.20. The number of anilines is 1. The predicted octanol–water partition coefficient (Wildman–Crippen LogP) is 2.93. The van der Waals surface area contributed by atoms with Crippen LogP contribution in [0.25, 0.3) is 0 Å². The van der Waals surface area contributed by atoms with E-state index in [9.17, 15) is 32.9 Å². The van der Waals surface area contributed by atoms with E-state index in [4.69, 9.17) is 0 Å². The number of fused-ring (bicyclic) bond motifs is 5. The van der Waals surface area contributed by atoms with E-state index in [1.807, 2.05) is 0 Å². The fourth-order valence-corrected chi connectivity index (χ4v) is 4.21. The molecule has 2 aliphatic heterocycles. The number of rotatable bonds is 2. The molecule has 10 heteroatoms. The lowest BCUT2D eigenvalue weighted by Gasteiger charge is -2.25. The van der Waals surface area contributed by atoms with Crippen LogP contribution in [0.15, 0.2) is 18.2 Å². The summed E-state index contributed by atoms with van der Waals surface area (Å²) in [6.07, 6.45) is -2.64. The van der Waals surface area contributed by atoms with Crippen molar-refractivity contribution in [3.63, 3.8) is 0 Å². The van der Waals surface area contributed by atoms with Crippen molar-refractivity contribution in [1.29, 1.82) is 0 Å². The number of urea groups is 1. The second-order valence-corrected chi connectivity index (χ2v) is 6.49. The molecule has 2 heterocycles. The average molecular weight is 355 g/mol. The molecule has 3 fully saturated rings. The van der Waals surface area contributed by atoms with Crippen molar-refractivity contribution in [2.45, 2.75) is 37.5 Å². The Bertz CT molecular complexity index is 782. The van der Waals surface area contributed by atoms with Crippen molar-refractivity contribution < 1.29 is 27.7 Å². The van der Waals surface area contributed by atoms with Gasteiger partial charge in [0.1, 0.15) is 11.6 Å². The molecule has 1 aliphatic carbocycles. The van der Waals surface area contributed by atoms with E-state index in [-0.39, 0.29) is 17.6 Å². The number of alkyl halides is 3. The van der Waals surface area contributed by atoms with Crippen LogP contribution in [0.5, 0.6) is 0 Å². The summed E-state index contributed by atoms with van der Waals surface area (Å²) in [7, 11) is 0. The Morgan fingerprint density at radius 3 is 2.52 bits per heavy atom. The fraction of sp³-hybridized carbons (Fsp3) is 0.467. The van der Waals surface area contributed by atoms with Crippen LogP contribution in [0.3, 0.4) is 0 Å². The first kappa shape index (κ1) is 15.9. The second kappa shape index (κ2) is 4.93. The molecule has 0 aromatic heterocycles. The normalized spacial score (nSPS) is 28.0. The molecule has 1 aromatic carbocycles. The van der Waals surface area contributed by atoms with Crippen LogP contribution in [0.2, 0.25) is 0 Å². The first-order valence-electron chi connectivity index (χ1n) is 7.72. The fourth-order valence-electron chi connectivity index (χ4n) is 4.21. The maximum Gasteiger partial charge on any atom is 0.423 e. The lowest BCUT2D eigenvalue weighted by molar-refractivity contribution is -0.388. The van der Waals surface area contributed by atoms with Gasteiger partial charge in [0, 0.05) is 12.1 Å². The van der Waals surface area contributed by atoms with Gasteiger partial charge in [-0.2, -0.15) is 13.2 Å². The van der Waals surface area contributed by atoms with Crippen LogP contribution in [-0.4, -0.2) is 33.8 Å². The van der Waals surface area contributed by atoms with Crippen LogP contribution in [0, 0.1) is 16.0 Å². The predicted molar refractivity (Wildman–Crippen MR) is 77.7 cm³/mol. The van der Waals surface area contributed by atoms with Crippen LogP contribution in [0.4, 0.5) is 29.3 Å². The summed E-state index contributed by atoms with van der Waals surface area (Å²) in [5.74, 6) is -0.522. The molecule has 4 rings (SSSR count). The zero-order chi connectivity index (χ0) is 18.1. The summed E-state index contributed by atoms with van der Waals surface area (Å²) in [4.78, 5) is 37.1. The number of nitro groups is 1. The number of carbonyl (C=O) groups is 2. The highest BCUT2D eigenvalue weighted by Gasteiger charge is 2.59. The van der Waals surface area contributed by atoms with Crippen molar-refractivity contribution in [2.24, 2.45) is 5.92 Å². The SMILES string of the molecule is O=C1C2C3CC[C@@H](C3)N2C(=O)N1c1ccc([N+](=O)[O-])c(C(F)(F)F)c1. The lowest BCUT2D eigenvalue weighted by Crippen LogP contribution is -2.40. The van der Waals surface area contributed by atoms with Crippen molar-refractivity contribution in [3.05, 3.63) is 33.9 Å². The third-order valence-corrected chi connectivity index (χ3v) is 5.21. The van der Waals surface area contributed by atoms with Gasteiger partial charge in [-0.25, -0.2) is 9.69 Å². The number of carbonyl (C=O) groups excluding carboxylic acids is 2. The van der Waals surface area contributed by atoms with E-state index < -0.39 is 40.3 Å². The van der Waals surface area contributed by atoms with Crippen molar-refractivity contribution in [3.8, 4) is 0 Å². The molecule has 2 bridgehead atoms. The number of piperidine rings is 1. The maximum atomic E-state index is 13.1. The van der Waals surface area contributed by atoms with Crippen LogP contribution >= 0.6 is 0 Å². The molecule has 3 aliphatic rings. The van der Waals surface area contributed by atoms with Gasteiger partial charge in [-0.05, 0) is 37.3 Å². The summed E-state index contributed by atoms with van der Waals surface area (Å²) < 4.78 is 39.4. The van der Waals surface area contributed by atoms with Gasteiger partial charge in [0.05, 0.1) is 10.6 Å². The second-order valence-electron chi connectivity index (χ2n) is 6.49. The van der Waals surface area contributed by atoms with Gasteiger partial charge in [0.15, 0.2) is 0 Å². The van der Waals surface area contributed by atoms with E-state index in [0.717, 1.165) is 25.3 Å². The van der Waals surface area contributed by atoms with Gasteiger partial charge in [-0.1, -0.05) is 0 Å². The molecule has 7 nitrogen and oxygen atoms in total. The number of nitro benzene ring substituents is 1. The molecule has 25 heavy (non-hydrogen) atoms. The summed E-state index contributed by atoms with van der Waals surface area (Å²) in [6, 6.07) is 0.846. The van der Waals surface area contributed by atoms with E-state index in [1.165, 1.54) is 4.90 Å². The van der Waals surface area contributed by atoms with Crippen LogP contribution in [0.1, 0.15) is 24.8 Å². The maximum absolute atomic E-state index is 13.1. The zero-order valence-corrected chi connectivity index (χ0v) is 12.7. The molecular weight excluding hydrogens is 343 g/mol. The van der Waals surface area contributed by atoms with Gasteiger partial charge in [0.25, 0.3) is 11.6 Å². The highest BCUT2D eigenvalue weighted by molar-refractivity contribution is 6.22. The van der Waals surface area contributed by atoms with Gasteiger partial charge >= 0.3 is 12.2 Å². The lowest BCUT2D eigenvalue weighted by atomic mass is 9.99. The van der Waals surface area contributed by atoms with E-state index >= 15 is 0 Å². The van der Waals surface area contributed by atoms with Crippen molar-refractivity contribution in [2.75, 3.05) is 4.90 Å². The number of amides is 3. The number of hydrogen-bond donors (Lipinski definition) is 0. The van der Waals surface area contributed by atoms with Crippen molar-refractivity contribution >= 4 is 23.3 Å². The van der Waals surface area contributed by atoms with E-state index in [2.05, 4.69) is 0 Å². The highest BCUT2D eigenvalue weighted by Crippen LogP contribution is 2.48. The molecule has 132 valence electrons. The molecule has 3 amide bonds. The van der Waals surface area contributed by atoms with E-state index in [0.29, 0.717) is 17.0 Å². The molecule has 0 radical (unpaired) electrons. The van der Waals surface area contributed by atoms with Gasteiger partial charge < -0.3 is 4.90 Å². The molecule has 3 atom stereocenters. The number of benzene rings is 1. The Hall–Kier alpha value is -2.65. The van der Waals surface area contributed by atoms with E-state index in [1.54, 1.807) is 0 Å². The van der Waals surface area contributed by atoms with Gasteiger partial charge in [-0.15, -0.1) is 0 Å². The summed E-state index contributed by atoms with van der Waals surface area (Å²) in [5, 5.41) is 10.8.